The van der Waals surface area contributed by atoms with Gasteiger partial charge >= 0.3 is 5.97 Å². The van der Waals surface area contributed by atoms with E-state index in [0.29, 0.717) is 19.4 Å². The van der Waals surface area contributed by atoms with Gasteiger partial charge in [-0.15, -0.1) is 0 Å². The number of aliphatic hydroxyl groups excluding tert-OH is 2. The van der Waals surface area contributed by atoms with E-state index in [2.05, 4.69) is 43.5 Å². The number of unbranched alkanes of at least 4 members (excludes halogenated alkanes) is 37. The van der Waals surface area contributed by atoms with E-state index in [1.807, 2.05) is 6.08 Å². The maximum Gasteiger partial charge on any atom is 0.305 e. The van der Waals surface area contributed by atoms with Crippen LogP contribution < -0.4 is 5.32 Å². The van der Waals surface area contributed by atoms with Crippen LogP contribution in [0.4, 0.5) is 0 Å². The van der Waals surface area contributed by atoms with Gasteiger partial charge in [-0.05, 0) is 57.8 Å². The van der Waals surface area contributed by atoms with E-state index in [0.717, 1.165) is 51.4 Å². The number of aliphatic hydroxyl groups is 2. The number of hydrogen-bond acceptors (Lipinski definition) is 5. The fraction of sp³-hybridized carbons (Fsp3) is 0.862. The summed E-state index contributed by atoms with van der Waals surface area (Å²) in [5.74, 6) is -0.0738. The topological polar surface area (TPSA) is 95.9 Å². The van der Waals surface area contributed by atoms with Crippen LogP contribution in [0.3, 0.4) is 0 Å². The minimum Gasteiger partial charge on any atom is -0.466 e. The summed E-state index contributed by atoms with van der Waals surface area (Å²) in [5, 5.41) is 23.1. The van der Waals surface area contributed by atoms with Crippen LogP contribution in [0.15, 0.2) is 36.5 Å². The number of amides is 1. The Labute approximate surface area is 398 Å². The molecule has 0 aliphatic carbocycles. The van der Waals surface area contributed by atoms with Gasteiger partial charge in [-0.3, -0.25) is 9.59 Å². The standard InChI is InChI=1S/C58H109NO5/c1-3-5-7-9-11-13-15-26-30-34-38-42-46-50-56(61)55(54-60)59-57(62)51-47-43-39-35-31-28-24-22-20-18-17-19-21-23-25-29-33-37-41-45-49-53-64-58(63)52-48-44-40-36-32-27-16-14-12-10-8-6-4-2/h8,10,14,16,46,50,55-56,60-61H,3-7,9,11-13,15,17-45,47-49,51-54H2,1-2H3,(H,59,62)/b10-8-,16-14-,50-46+. The highest BCUT2D eigenvalue weighted by atomic mass is 16.5. The zero-order chi connectivity index (χ0) is 46.5. The first-order chi connectivity index (χ1) is 31.5. The van der Waals surface area contributed by atoms with Crippen molar-refractivity contribution in [1.82, 2.24) is 5.32 Å². The Balaban J connectivity index is 3.41. The average Bonchev–Trinajstić information content (AvgIpc) is 3.29. The molecular weight excluding hydrogens is 791 g/mol. The molecule has 2 unspecified atom stereocenters. The minimum atomic E-state index is -0.844. The number of nitrogens with one attached hydrogen (secondary N) is 1. The summed E-state index contributed by atoms with van der Waals surface area (Å²) in [6.45, 7) is 4.83. The second-order valence-corrected chi connectivity index (χ2v) is 19.3. The summed E-state index contributed by atoms with van der Waals surface area (Å²) in [4.78, 5) is 24.4. The van der Waals surface area contributed by atoms with Gasteiger partial charge in [-0.25, -0.2) is 0 Å². The first-order valence-corrected chi connectivity index (χ1v) is 28.3. The highest BCUT2D eigenvalue weighted by molar-refractivity contribution is 5.76. The van der Waals surface area contributed by atoms with Crippen molar-refractivity contribution in [2.75, 3.05) is 13.2 Å². The largest absolute Gasteiger partial charge is 0.466 e. The molecule has 0 aromatic carbocycles. The van der Waals surface area contributed by atoms with Gasteiger partial charge in [0.1, 0.15) is 0 Å². The van der Waals surface area contributed by atoms with E-state index >= 15 is 0 Å². The smallest absolute Gasteiger partial charge is 0.305 e. The number of carbonyl (C=O) groups is 2. The predicted octanol–water partition coefficient (Wildman–Crippen LogP) is 17.2. The van der Waals surface area contributed by atoms with E-state index in [1.165, 1.54) is 218 Å². The third-order valence-corrected chi connectivity index (χ3v) is 12.9. The normalized spacial score (nSPS) is 12.9. The van der Waals surface area contributed by atoms with Crippen LogP contribution in [-0.2, 0) is 14.3 Å². The third kappa shape index (κ3) is 49.5. The molecule has 0 bridgehead atoms. The van der Waals surface area contributed by atoms with Crippen molar-refractivity contribution in [1.29, 1.82) is 0 Å². The Bertz CT molecular complexity index is 1040. The molecule has 0 spiro atoms. The zero-order valence-corrected chi connectivity index (χ0v) is 42.8. The molecule has 0 rings (SSSR count). The number of carbonyl (C=O) groups excluding carboxylic acids is 2. The van der Waals surface area contributed by atoms with E-state index < -0.39 is 12.1 Å². The molecule has 0 saturated heterocycles. The molecule has 3 N–H and O–H groups in total. The minimum absolute atomic E-state index is 0.00438. The van der Waals surface area contributed by atoms with Crippen LogP contribution >= 0.6 is 0 Å². The fourth-order valence-electron chi connectivity index (χ4n) is 8.55. The second kappa shape index (κ2) is 53.7. The van der Waals surface area contributed by atoms with Crippen molar-refractivity contribution < 1.29 is 24.5 Å². The van der Waals surface area contributed by atoms with Crippen molar-refractivity contribution in [3.8, 4) is 0 Å². The van der Waals surface area contributed by atoms with Crippen LogP contribution in [-0.4, -0.2) is 47.4 Å². The third-order valence-electron chi connectivity index (χ3n) is 12.9. The predicted molar refractivity (Wildman–Crippen MR) is 278 cm³/mol. The van der Waals surface area contributed by atoms with Crippen LogP contribution in [0.1, 0.15) is 296 Å². The molecule has 0 aromatic rings. The van der Waals surface area contributed by atoms with Crippen molar-refractivity contribution in [3.05, 3.63) is 36.5 Å². The van der Waals surface area contributed by atoms with E-state index in [1.54, 1.807) is 6.08 Å². The molecule has 0 radical (unpaired) electrons. The number of allylic oxidation sites excluding steroid dienone is 5. The van der Waals surface area contributed by atoms with Gasteiger partial charge in [0.15, 0.2) is 0 Å². The monoisotopic (exact) mass is 900 g/mol. The molecule has 376 valence electrons. The first-order valence-electron chi connectivity index (χ1n) is 28.3. The van der Waals surface area contributed by atoms with Crippen molar-refractivity contribution in [2.24, 2.45) is 0 Å². The summed E-state index contributed by atoms with van der Waals surface area (Å²) >= 11 is 0. The molecule has 0 aliphatic heterocycles. The molecule has 6 nitrogen and oxygen atoms in total. The van der Waals surface area contributed by atoms with Gasteiger partial charge in [-0.2, -0.15) is 0 Å². The first kappa shape index (κ1) is 62.1. The van der Waals surface area contributed by atoms with Gasteiger partial charge in [0.2, 0.25) is 5.91 Å². The average molecular weight is 901 g/mol. The number of esters is 1. The molecule has 64 heavy (non-hydrogen) atoms. The summed E-state index contributed by atoms with van der Waals surface area (Å²) in [5.41, 5.74) is 0. The van der Waals surface area contributed by atoms with Gasteiger partial charge in [0, 0.05) is 12.8 Å². The maximum absolute atomic E-state index is 12.4. The van der Waals surface area contributed by atoms with Crippen molar-refractivity contribution in [2.45, 2.75) is 309 Å². The van der Waals surface area contributed by atoms with Crippen molar-refractivity contribution >= 4 is 11.9 Å². The Morgan fingerprint density at radius 1 is 0.438 bits per heavy atom. The Morgan fingerprint density at radius 3 is 1.25 bits per heavy atom. The molecule has 0 fully saturated rings. The Kier molecular flexibility index (Phi) is 52.1. The lowest BCUT2D eigenvalue weighted by Crippen LogP contribution is -2.45. The van der Waals surface area contributed by atoms with Gasteiger partial charge in [0.25, 0.3) is 0 Å². The maximum atomic E-state index is 12.4. The molecule has 0 aromatic heterocycles. The Hall–Kier alpha value is -1.92. The number of rotatable bonds is 52. The van der Waals surface area contributed by atoms with Gasteiger partial charge in [0.05, 0.1) is 25.4 Å². The van der Waals surface area contributed by atoms with Crippen molar-refractivity contribution in [3.63, 3.8) is 0 Å². The van der Waals surface area contributed by atoms with Crippen LogP contribution in [0.2, 0.25) is 0 Å². The molecule has 0 aliphatic rings. The van der Waals surface area contributed by atoms with E-state index in [4.69, 9.17) is 4.74 Å². The summed E-state index contributed by atoms with van der Waals surface area (Å²) < 4.78 is 5.46. The lowest BCUT2D eigenvalue weighted by molar-refractivity contribution is -0.143. The fourth-order valence-corrected chi connectivity index (χ4v) is 8.55. The van der Waals surface area contributed by atoms with E-state index in [-0.39, 0.29) is 18.5 Å². The summed E-state index contributed by atoms with van der Waals surface area (Å²) in [7, 11) is 0. The van der Waals surface area contributed by atoms with Crippen LogP contribution in [0, 0.1) is 0 Å². The van der Waals surface area contributed by atoms with Crippen LogP contribution in [0.25, 0.3) is 0 Å². The molecular formula is C58H109NO5. The SMILES string of the molecule is CCC/C=C\C/C=C\CCCCCCCC(=O)OCCCCCCCCCCCCCCCCCCCCCCCC(=O)NC(CO)C(O)/C=C/CCCCCCCCCCCCC. The lowest BCUT2D eigenvalue weighted by Gasteiger charge is -2.20. The van der Waals surface area contributed by atoms with Gasteiger partial charge in [-0.1, -0.05) is 262 Å². The summed E-state index contributed by atoms with van der Waals surface area (Å²) in [6, 6.07) is -0.628. The number of hydrogen-bond donors (Lipinski definition) is 3. The van der Waals surface area contributed by atoms with Crippen LogP contribution in [0.5, 0.6) is 0 Å². The lowest BCUT2D eigenvalue weighted by atomic mass is 10.0. The molecule has 0 heterocycles. The second-order valence-electron chi connectivity index (χ2n) is 19.3. The molecule has 1 amide bonds. The number of ether oxygens (including phenoxy) is 1. The quantitative estimate of drug-likeness (QED) is 0.0321. The Morgan fingerprint density at radius 2 is 0.812 bits per heavy atom. The molecule has 6 heteroatoms. The summed E-state index contributed by atoms with van der Waals surface area (Å²) in [6.07, 6.45) is 65.9. The van der Waals surface area contributed by atoms with E-state index in [9.17, 15) is 19.8 Å². The highest BCUT2D eigenvalue weighted by Crippen LogP contribution is 2.17. The van der Waals surface area contributed by atoms with Gasteiger partial charge < -0.3 is 20.3 Å². The molecule has 2 atom stereocenters. The molecule has 0 saturated carbocycles. The zero-order valence-electron chi connectivity index (χ0n) is 42.8. The highest BCUT2D eigenvalue weighted by Gasteiger charge is 2.18.